The lowest BCUT2D eigenvalue weighted by molar-refractivity contribution is 0.763. The van der Waals surface area contributed by atoms with Crippen LogP contribution in [0.3, 0.4) is 0 Å². The zero-order valence-electron chi connectivity index (χ0n) is 17.6. The van der Waals surface area contributed by atoms with Crippen molar-refractivity contribution in [3.63, 3.8) is 0 Å². The number of fused-ring (bicyclic) bond motifs is 1. The van der Waals surface area contributed by atoms with Gasteiger partial charge in [0.1, 0.15) is 11.5 Å². The lowest BCUT2D eigenvalue weighted by Gasteiger charge is -2.13. The molecule has 7 nitrogen and oxygen atoms in total. The maximum atomic E-state index is 4.72. The third-order valence-electron chi connectivity index (χ3n) is 4.91. The summed E-state index contributed by atoms with van der Waals surface area (Å²) in [5.41, 5.74) is 4.69. The highest BCUT2D eigenvalue weighted by Gasteiger charge is 2.16. The second-order valence-electron chi connectivity index (χ2n) is 7.19. The van der Waals surface area contributed by atoms with Crippen LogP contribution in [-0.4, -0.2) is 29.4 Å². The highest BCUT2D eigenvalue weighted by molar-refractivity contribution is 5.77. The first-order valence-electron chi connectivity index (χ1n) is 9.94. The molecule has 0 radical (unpaired) electrons. The maximum absolute atomic E-state index is 4.72. The molecule has 0 amide bonds. The second kappa shape index (κ2) is 8.32. The largest absolute Gasteiger partial charge is 0.308 e. The van der Waals surface area contributed by atoms with E-state index in [1.807, 2.05) is 51.4 Å². The molecule has 152 valence electrons. The number of aryl methyl sites for hydroxylation is 2. The molecule has 3 aromatic heterocycles. The van der Waals surface area contributed by atoms with Gasteiger partial charge in [0.2, 0.25) is 5.95 Å². The number of anilines is 2. The lowest BCUT2D eigenvalue weighted by Crippen LogP contribution is -2.00. The number of hydrogen-bond acceptors (Lipinski definition) is 5. The second-order valence-corrected chi connectivity index (χ2v) is 7.19. The van der Waals surface area contributed by atoms with Crippen LogP contribution in [0.2, 0.25) is 0 Å². The molecule has 4 rings (SSSR count). The molecule has 0 saturated heterocycles. The van der Waals surface area contributed by atoms with E-state index in [9.17, 15) is 0 Å². The quantitative estimate of drug-likeness (QED) is 0.471. The van der Waals surface area contributed by atoms with Crippen LogP contribution in [0.4, 0.5) is 11.8 Å². The molecule has 1 aromatic carbocycles. The average Bonchev–Trinajstić information content (AvgIpc) is 3.29. The number of benzene rings is 1. The van der Waals surface area contributed by atoms with E-state index in [2.05, 4.69) is 57.8 Å². The van der Waals surface area contributed by atoms with E-state index >= 15 is 0 Å². The molecule has 3 heterocycles. The van der Waals surface area contributed by atoms with E-state index in [1.165, 1.54) is 5.56 Å². The van der Waals surface area contributed by atoms with E-state index in [-0.39, 0.29) is 5.92 Å². The van der Waals surface area contributed by atoms with Crippen molar-refractivity contribution in [1.82, 2.24) is 29.4 Å². The predicted octanol–water partition coefficient (Wildman–Crippen LogP) is 4.81. The maximum Gasteiger partial charge on any atom is 0.248 e. The molecular formula is C23H25N7. The van der Waals surface area contributed by atoms with Gasteiger partial charge >= 0.3 is 0 Å². The van der Waals surface area contributed by atoms with E-state index in [4.69, 9.17) is 4.98 Å². The smallest absolute Gasteiger partial charge is 0.248 e. The van der Waals surface area contributed by atoms with E-state index < -0.39 is 0 Å². The molecule has 0 aliphatic rings. The van der Waals surface area contributed by atoms with Gasteiger partial charge < -0.3 is 5.32 Å². The van der Waals surface area contributed by atoms with Crippen molar-refractivity contribution in [3.05, 3.63) is 78.3 Å². The molecule has 7 heteroatoms. The first kappa shape index (κ1) is 19.6. The van der Waals surface area contributed by atoms with Gasteiger partial charge in [-0.3, -0.25) is 9.67 Å². The van der Waals surface area contributed by atoms with Crippen molar-refractivity contribution in [2.75, 3.05) is 5.32 Å². The first-order chi connectivity index (χ1) is 14.6. The number of rotatable bonds is 6. The van der Waals surface area contributed by atoms with Gasteiger partial charge in [0.25, 0.3) is 0 Å². The minimum absolute atomic E-state index is 0.234. The molecular weight excluding hydrogens is 374 g/mol. The zero-order valence-corrected chi connectivity index (χ0v) is 17.6. The summed E-state index contributed by atoms with van der Waals surface area (Å²) in [5.74, 6) is 1.57. The van der Waals surface area contributed by atoms with Crippen LogP contribution >= 0.6 is 0 Å². The summed E-state index contributed by atoms with van der Waals surface area (Å²) in [6.07, 6.45) is 11.9. The van der Waals surface area contributed by atoms with Crippen LogP contribution < -0.4 is 5.32 Å². The number of allylic oxidation sites excluding steroid dienone is 4. The molecule has 0 bridgehead atoms. The topological polar surface area (TPSA) is 72.9 Å². The van der Waals surface area contributed by atoms with Gasteiger partial charge in [0.15, 0.2) is 5.65 Å². The van der Waals surface area contributed by atoms with Crippen molar-refractivity contribution < 1.29 is 0 Å². The highest BCUT2D eigenvalue weighted by Crippen LogP contribution is 2.31. The van der Waals surface area contributed by atoms with E-state index in [1.54, 1.807) is 15.4 Å². The standard InChI is InChI=1S/C23H25N7/c1-5-6-7-10-16(2)18-11-8-9-12-19(18)21-22-26-23(28-30(22)14-13-24-21)25-20-15-17(3)27-29(20)4/h5-16H,1-4H3,(H,25,28). The van der Waals surface area contributed by atoms with Crippen molar-refractivity contribution in [2.24, 2.45) is 7.05 Å². The Kier molecular flexibility index (Phi) is 5.43. The molecule has 1 N–H and O–H groups in total. The van der Waals surface area contributed by atoms with Crippen LogP contribution in [0.15, 0.2) is 67.0 Å². The van der Waals surface area contributed by atoms with Crippen LogP contribution in [-0.2, 0) is 7.05 Å². The summed E-state index contributed by atoms with van der Waals surface area (Å²) in [6, 6.07) is 10.3. The van der Waals surface area contributed by atoms with Gasteiger partial charge in [0, 0.05) is 31.1 Å². The first-order valence-corrected chi connectivity index (χ1v) is 9.94. The minimum Gasteiger partial charge on any atom is -0.308 e. The Balaban J connectivity index is 1.75. The Bertz CT molecular complexity index is 1230. The summed E-state index contributed by atoms with van der Waals surface area (Å²) in [5, 5.41) is 12.2. The van der Waals surface area contributed by atoms with Gasteiger partial charge in [-0.05, 0) is 25.3 Å². The third kappa shape index (κ3) is 3.87. The Morgan fingerprint density at radius 2 is 1.97 bits per heavy atom. The monoisotopic (exact) mass is 399 g/mol. The lowest BCUT2D eigenvalue weighted by atomic mass is 9.93. The molecule has 1 unspecified atom stereocenters. The Hall–Kier alpha value is -3.74. The average molecular weight is 400 g/mol. The Morgan fingerprint density at radius 1 is 1.13 bits per heavy atom. The Morgan fingerprint density at radius 3 is 2.73 bits per heavy atom. The molecule has 0 saturated carbocycles. The third-order valence-corrected chi connectivity index (χ3v) is 4.91. The summed E-state index contributed by atoms with van der Waals surface area (Å²) in [7, 11) is 1.89. The minimum atomic E-state index is 0.234. The van der Waals surface area contributed by atoms with Gasteiger partial charge in [-0.1, -0.05) is 55.5 Å². The normalized spacial score (nSPS) is 12.9. The molecule has 30 heavy (non-hydrogen) atoms. The van der Waals surface area contributed by atoms with Gasteiger partial charge in [-0.25, -0.2) is 4.52 Å². The molecule has 0 spiro atoms. The van der Waals surface area contributed by atoms with Gasteiger partial charge in [0.05, 0.1) is 5.69 Å². The van der Waals surface area contributed by atoms with Crippen molar-refractivity contribution >= 4 is 17.4 Å². The summed E-state index contributed by atoms with van der Waals surface area (Å²) in [4.78, 5) is 9.37. The molecule has 0 aliphatic heterocycles. The van der Waals surface area contributed by atoms with Crippen molar-refractivity contribution in [2.45, 2.75) is 26.7 Å². The fourth-order valence-corrected chi connectivity index (χ4v) is 3.46. The highest BCUT2D eigenvalue weighted by atomic mass is 15.4. The van der Waals surface area contributed by atoms with Gasteiger partial charge in [-0.15, -0.1) is 5.10 Å². The van der Waals surface area contributed by atoms with Crippen molar-refractivity contribution in [3.8, 4) is 11.3 Å². The van der Waals surface area contributed by atoms with E-state index in [0.29, 0.717) is 11.6 Å². The summed E-state index contributed by atoms with van der Waals surface area (Å²) >= 11 is 0. The van der Waals surface area contributed by atoms with Gasteiger partial charge in [-0.2, -0.15) is 10.1 Å². The summed E-state index contributed by atoms with van der Waals surface area (Å²) in [6.45, 7) is 6.14. The number of nitrogens with zero attached hydrogens (tertiary/aromatic N) is 6. The van der Waals surface area contributed by atoms with E-state index in [0.717, 1.165) is 22.8 Å². The van der Waals surface area contributed by atoms with Crippen LogP contribution in [0.1, 0.15) is 31.0 Å². The number of hydrogen-bond donors (Lipinski definition) is 1. The SMILES string of the molecule is CC=CC=CC(C)c1ccccc1-c1nccn2nc(Nc3cc(C)nn3C)nc12. The van der Waals surface area contributed by atoms with Crippen LogP contribution in [0.5, 0.6) is 0 Å². The zero-order chi connectivity index (χ0) is 21.1. The number of nitrogens with one attached hydrogen (secondary N) is 1. The predicted molar refractivity (Wildman–Crippen MR) is 120 cm³/mol. The molecule has 0 fully saturated rings. The number of aromatic nitrogens is 6. The fraction of sp³-hybridized carbons (Fsp3) is 0.217. The Labute approximate surface area is 175 Å². The fourth-order valence-electron chi connectivity index (χ4n) is 3.46. The van der Waals surface area contributed by atoms with Crippen LogP contribution in [0.25, 0.3) is 16.9 Å². The summed E-state index contributed by atoms with van der Waals surface area (Å²) < 4.78 is 3.53. The molecule has 0 aliphatic carbocycles. The van der Waals surface area contributed by atoms with Crippen LogP contribution in [0, 0.1) is 6.92 Å². The van der Waals surface area contributed by atoms with Crippen molar-refractivity contribution in [1.29, 1.82) is 0 Å². The molecule has 1 atom stereocenters. The molecule has 4 aromatic rings.